The van der Waals surface area contributed by atoms with Gasteiger partial charge in [0.2, 0.25) is 0 Å². The van der Waals surface area contributed by atoms with Crippen LogP contribution in [0.4, 0.5) is 5.82 Å². The molecule has 2 aromatic heterocycles. The van der Waals surface area contributed by atoms with E-state index in [4.69, 9.17) is 9.97 Å². The summed E-state index contributed by atoms with van der Waals surface area (Å²) in [5.74, 6) is 1.26. The molecule has 2 aliphatic carbocycles. The predicted molar refractivity (Wildman–Crippen MR) is 109 cm³/mol. The molecule has 0 aromatic carbocycles. The van der Waals surface area contributed by atoms with Crippen LogP contribution in [0.5, 0.6) is 0 Å². The lowest BCUT2D eigenvalue weighted by Gasteiger charge is -2.27. The molecular weight excluding hydrogens is 352 g/mol. The molecule has 148 valence electrons. The summed E-state index contributed by atoms with van der Waals surface area (Å²) in [4.78, 5) is 28.5. The normalized spacial score (nSPS) is 16.6. The van der Waals surface area contributed by atoms with Crippen LogP contribution in [0.3, 0.4) is 0 Å². The zero-order valence-corrected chi connectivity index (χ0v) is 16.7. The zero-order valence-electron chi connectivity index (χ0n) is 16.7. The lowest BCUT2D eigenvalue weighted by Crippen LogP contribution is -2.40. The number of carbonyl (C=O) groups excluding carboxylic acids is 1. The number of imidazole rings is 1. The molecule has 0 bridgehead atoms. The average molecular weight is 380 g/mol. The number of aryl methyl sites for hydroxylation is 2. The van der Waals surface area contributed by atoms with E-state index in [1.807, 2.05) is 29.8 Å². The van der Waals surface area contributed by atoms with Crippen molar-refractivity contribution in [2.24, 2.45) is 7.05 Å². The van der Waals surface area contributed by atoms with Gasteiger partial charge in [0, 0.05) is 37.6 Å². The second-order valence-corrected chi connectivity index (χ2v) is 7.89. The van der Waals surface area contributed by atoms with Gasteiger partial charge in [-0.05, 0) is 32.1 Å². The number of carbonyl (C=O) groups is 1. The van der Waals surface area contributed by atoms with Crippen LogP contribution in [0.2, 0.25) is 0 Å². The lowest BCUT2D eigenvalue weighted by molar-refractivity contribution is -0.118. The van der Waals surface area contributed by atoms with E-state index < -0.39 is 0 Å². The van der Waals surface area contributed by atoms with Crippen molar-refractivity contribution in [1.29, 1.82) is 0 Å². The maximum atomic E-state index is 12.8. The van der Waals surface area contributed by atoms with Crippen LogP contribution in [0.15, 0.2) is 24.8 Å². The Labute approximate surface area is 165 Å². The maximum Gasteiger partial charge on any atom is 0.267 e. The first-order chi connectivity index (χ1) is 13.5. The summed E-state index contributed by atoms with van der Waals surface area (Å²) in [5.41, 5.74) is 3.33. The first kappa shape index (κ1) is 18.7. The zero-order chi connectivity index (χ0) is 19.7. The average Bonchev–Trinajstić information content (AvgIpc) is 3.35. The molecule has 2 aliphatic rings. The van der Waals surface area contributed by atoms with Gasteiger partial charge in [0.25, 0.3) is 5.91 Å². The van der Waals surface area contributed by atoms with Gasteiger partial charge in [0.15, 0.2) is 5.82 Å². The Hall–Kier alpha value is -2.70. The van der Waals surface area contributed by atoms with Gasteiger partial charge in [-0.1, -0.05) is 25.8 Å². The molecule has 0 spiro atoms. The summed E-state index contributed by atoms with van der Waals surface area (Å²) in [5, 5.41) is 3.15. The number of nitrogens with one attached hydrogen (secondary N) is 1. The Morgan fingerprint density at radius 2 is 2.00 bits per heavy atom. The number of aromatic nitrogens is 4. The third-order valence-electron chi connectivity index (χ3n) is 5.77. The van der Waals surface area contributed by atoms with Gasteiger partial charge in [-0.15, -0.1) is 0 Å². The van der Waals surface area contributed by atoms with Gasteiger partial charge in [-0.2, -0.15) is 0 Å². The van der Waals surface area contributed by atoms with Crippen LogP contribution < -0.4 is 10.2 Å². The molecular formula is C21H28N6O. The van der Waals surface area contributed by atoms with E-state index >= 15 is 0 Å². The highest BCUT2D eigenvalue weighted by molar-refractivity contribution is 5.96. The first-order valence-electron chi connectivity index (χ1n) is 10.1. The van der Waals surface area contributed by atoms with Crippen molar-refractivity contribution >= 4 is 11.7 Å². The van der Waals surface area contributed by atoms with Crippen molar-refractivity contribution in [2.45, 2.75) is 57.4 Å². The maximum absolute atomic E-state index is 12.8. The van der Waals surface area contributed by atoms with Gasteiger partial charge >= 0.3 is 0 Å². The van der Waals surface area contributed by atoms with E-state index in [1.54, 1.807) is 6.33 Å². The SMILES string of the molecule is C=C(C(=O)NC1CCCCC1)N(C)c1nc(-c2cn(C)cn2)nc2c1CCC2. The lowest BCUT2D eigenvalue weighted by atomic mass is 9.95. The van der Waals surface area contributed by atoms with Gasteiger partial charge in [0.1, 0.15) is 17.2 Å². The highest BCUT2D eigenvalue weighted by Gasteiger charge is 2.26. The van der Waals surface area contributed by atoms with Crippen molar-refractivity contribution < 1.29 is 4.79 Å². The smallest absolute Gasteiger partial charge is 0.267 e. The largest absolute Gasteiger partial charge is 0.348 e. The van der Waals surface area contributed by atoms with Crippen molar-refractivity contribution in [1.82, 2.24) is 24.8 Å². The predicted octanol–water partition coefficient (Wildman–Crippen LogP) is 2.76. The Kier molecular flexibility index (Phi) is 5.15. The first-order valence-corrected chi connectivity index (χ1v) is 10.1. The summed E-state index contributed by atoms with van der Waals surface area (Å²) in [6.07, 6.45) is 12.3. The highest BCUT2D eigenvalue weighted by Crippen LogP contribution is 2.32. The molecule has 4 rings (SSSR count). The Morgan fingerprint density at radius 1 is 1.21 bits per heavy atom. The van der Waals surface area contributed by atoms with E-state index in [2.05, 4.69) is 16.9 Å². The third-order valence-corrected chi connectivity index (χ3v) is 5.77. The molecule has 1 amide bonds. The summed E-state index contributed by atoms with van der Waals surface area (Å²) < 4.78 is 1.88. The number of amides is 1. The number of fused-ring (bicyclic) bond motifs is 1. The molecule has 28 heavy (non-hydrogen) atoms. The Morgan fingerprint density at radius 3 is 2.71 bits per heavy atom. The van der Waals surface area contributed by atoms with Crippen molar-refractivity contribution in [3.8, 4) is 11.5 Å². The third kappa shape index (κ3) is 3.66. The molecule has 0 aliphatic heterocycles. The van der Waals surface area contributed by atoms with Crippen LogP contribution in [-0.2, 0) is 24.7 Å². The molecule has 0 saturated heterocycles. The molecule has 7 heteroatoms. The fraction of sp³-hybridized carbons (Fsp3) is 0.524. The minimum absolute atomic E-state index is 0.112. The molecule has 1 saturated carbocycles. The van der Waals surface area contributed by atoms with Crippen LogP contribution in [0.1, 0.15) is 49.8 Å². The molecule has 7 nitrogen and oxygen atoms in total. The van der Waals surface area contributed by atoms with Crippen LogP contribution in [0, 0.1) is 0 Å². The van der Waals surface area contributed by atoms with Crippen molar-refractivity contribution in [3.05, 3.63) is 36.1 Å². The van der Waals surface area contributed by atoms with Gasteiger partial charge < -0.3 is 14.8 Å². The van der Waals surface area contributed by atoms with Crippen molar-refractivity contribution in [3.63, 3.8) is 0 Å². The fourth-order valence-electron chi connectivity index (χ4n) is 4.13. The minimum atomic E-state index is -0.112. The van der Waals surface area contributed by atoms with Crippen LogP contribution in [0.25, 0.3) is 11.5 Å². The van der Waals surface area contributed by atoms with E-state index in [1.165, 1.54) is 19.3 Å². The number of hydrogen-bond donors (Lipinski definition) is 1. The fourth-order valence-corrected chi connectivity index (χ4v) is 4.13. The Balaban J connectivity index is 1.59. The summed E-state index contributed by atoms with van der Waals surface area (Å²) in [6, 6.07) is 0.256. The van der Waals surface area contributed by atoms with E-state index in [-0.39, 0.29) is 11.9 Å². The van der Waals surface area contributed by atoms with Gasteiger partial charge in [0.05, 0.1) is 6.33 Å². The molecule has 0 radical (unpaired) electrons. The summed E-state index contributed by atoms with van der Waals surface area (Å²) >= 11 is 0. The number of nitrogens with zero attached hydrogens (tertiary/aromatic N) is 5. The van der Waals surface area contributed by atoms with Gasteiger partial charge in [-0.25, -0.2) is 15.0 Å². The summed E-state index contributed by atoms with van der Waals surface area (Å²) in [6.45, 7) is 4.06. The van der Waals surface area contributed by atoms with Crippen molar-refractivity contribution in [2.75, 3.05) is 11.9 Å². The highest BCUT2D eigenvalue weighted by atomic mass is 16.2. The number of hydrogen-bond acceptors (Lipinski definition) is 5. The molecule has 1 fully saturated rings. The van der Waals surface area contributed by atoms with E-state index in [0.29, 0.717) is 11.5 Å². The molecule has 2 aromatic rings. The Bertz CT molecular complexity index is 896. The second-order valence-electron chi connectivity index (χ2n) is 7.89. The standard InChI is InChI=1S/C21H28N6O/c1-14(21(28)23-15-8-5-4-6-9-15)27(3)20-16-10-7-11-17(16)24-19(25-20)18-12-26(2)13-22-18/h12-13,15H,1,4-11H2,2-3H3,(H,23,28). The monoisotopic (exact) mass is 380 g/mol. The molecule has 0 unspecified atom stereocenters. The van der Waals surface area contributed by atoms with Crippen LogP contribution >= 0.6 is 0 Å². The minimum Gasteiger partial charge on any atom is -0.348 e. The van der Waals surface area contributed by atoms with E-state index in [0.717, 1.165) is 54.9 Å². The molecule has 1 N–H and O–H groups in total. The topological polar surface area (TPSA) is 75.9 Å². The van der Waals surface area contributed by atoms with Crippen LogP contribution in [-0.4, -0.2) is 38.5 Å². The summed E-state index contributed by atoms with van der Waals surface area (Å²) in [7, 11) is 3.79. The number of likely N-dealkylation sites (N-methyl/N-ethyl adjacent to an activating group) is 1. The van der Waals surface area contributed by atoms with Gasteiger partial charge in [-0.3, -0.25) is 4.79 Å². The number of anilines is 1. The second kappa shape index (κ2) is 7.73. The number of rotatable bonds is 5. The van der Waals surface area contributed by atoms with E-state index in [9.17, 15) is 4.79 Å². The quantitative estimate of drug-likeness (QED) is 0.807. The molecule has 0 atom stereocenters. The molecule has 2 heterocycles.